The number of carbonyl (C=O) groups is 1. The molecule has 0 bridgehead atoms. The van der Waals surface area contributed by atoms with Crippen molar-refractivity contribution in [2.75, 3.05) is 25.0 Å². The van der Waals surface area contributed by atoms with Gasteiger partial charge in [0.2, 0.25) is 0 Å². The number of anilines is 1. The van der Waals surface area contributed by atoms with Gasteiger partial charge < -0.3 is 25.0 Å². The van der Waals surface area contributed by atoms with Gasteiger partial charge in [-0.2, -0.15) is 0 Å². The summed E-state index contributed by atoms with van der Waals surface area (Å²) < 4.78 is 5.82. The van der Waals surface area contributed by atoms with E-state index in [1.807, 2.05) is 42.5 Å². The zero-order chi connectivity index (χ0) is 22.8. The van der Waals surface area contributed by atoms with Crippen molar-refractivity contribution < 1.29 is 14.6 Å². The number of nitrogens with one attached hydrogen (secondary N) is 2. The number of halogens is 1. The van der Waals surface area contributed by atoms with E-state index in [1.165, 1.54) is 4.90 Å². The maximum Gasteiger partial charge on any atom is 0.407 e. The second kappa shape index (κ2) is 9.09. The van der Waals surface area contributed by atoms with Crippen LogP contribution in [0.4, 0.5) is 10.6 Å². The van der Waals surface area contributed by atoms with Crippen LogP contribution in [0.5, 0.6) is 0 Å². The van der Waals surface area contributed by atoms with E-state index in [9.17, 15) is 9.90 Å². The lowest BCUT2D eigenvalue weighted by atomic mass is 10.1. The number of fused-ring (bicyclic) bond motifs is 1. The van der Waals surface area contributed by atoms with Gasteiger partial charge in [0.1, 0.15) is 17.6 Å². The molecule has 1 aromatic carbocycles. The normalized spacial score (nSPS) is 16.2. The van der Waals surface area contributed by atoms with Crippen molar-refractivity contribution in [3.8, 4) is 11.3 Å². The molecule has 1 unspecified atom stereocenters. The number of aromatic amines is 1. The molecule has 0 radical (unpaired) electrons. The van der Waals surface area contributed by atoms with Crippen LogP contribution in [0.2, 0.25) is 5.02 Å². The molecule has 1 saturated heterocycles. The predicted molar refractivity (Wildman–Crippen MR) is 126 cm³/mol. The van der Waals surface area contributed by atoms with E-state index in [-0.39, 0.29) is 12.6 Å². The number of hydrogen-bond acceptors (Lipinski definition) is 5. The van der Waals surface area contributed by atoms with Crippen molar-refractivity contribution in [1.29, 1.82) is 0 Å². The molecule has 168 valence electrons. The topological polar surface area (TPSA) is 103 Å². The van der Waals surface area contributed by atoms with Gasteiger partial charge in [0, 0.05) is 35.9 Å². The smallest absolute Gasteiger partial charge is 0.407 e. The van der Waals surface area contributed by atoms with Gasteiger partial charge in [-0.15, -0.1) is 0 Å². The predicted octanol–water partition coefficient (Wildman–Crippen LogP) is 4.94. The summed E-state index contributed by atoms with van der Waals surface area (Å²) in [5, 5.41) is 14.0. The summed E-state index contributed by atoms with van der Waals surface area (Å²) in [5.41, 5.74) is 4.07. The van der Waals surface area contributed by atoms with Crippen molar-refractivity contribution in [3.63, 3.8) is 0 Å². The highest BCUT2D eigenvalue weighted by atomic mass is 35.5. The fourth-order valence-electron chi connectivity index (χ4n) is 3.96. The summed E-state index contributed by atoms with van der Waals surface area (Å²) in [4.78, 5) is 25.2. The fraction of sp³-hybridized carbons (Fsp3) is 0.208. The van der Waals surface area contributed by atoms with Gasteiger partial charge in [0.05, 0.1) is 23.9 Å². The third-order valence-electron chi connectivity index (χ3n) is 5.65. The molecule has 3 aromatic heterocycles. The Morgan fingerprint density at radius 1 is 1.24 bits per heavy atom. The molecule has 0 spiro atoms. The van der Waals surface area contributed by atoms with Crippen LogP contribution in [0, 0.1) is 0 Å². The number of carboxylic acid groups (broad SMARTS) is 1. The first kappa shape index (κ1) is 21.2. The van der Waals surface area contributed by atoms with Crippen LogP contribution in [-0.4, -0.2) is 50.7 Å². The maximum absolute atomic E-state index is 11.4. The minimum Gasteiger partial charge on any atom is -0.465 e. The Bertz CT molecular complexity index is 1290. The van der Waals surface area contributed by atoms with Crippen LogP contribution < -0.4 is 5.32 Å². The highest BCUT2D eigenvalue weighted by Gasteiger charge is 2.27. The second-order valence-electron chi connectivity index (χ2n) is 7.80. The van der Waals surface area contributed by atoms with E-state index in [0.29, 0.717) is 41.9 Å². The Labute approximate surface area is 195 Å². The number of rotatable bonds is 5. The summed E-state index contributed by atoms with van der Waals surface area (Å²) in [6, 6.07) is 17.6. The van der Waals surface area contributed by atoms with Crippen LogP contribution in [0.1, 0.15) is 17.4 Å². The summed E-state index contributed by atoms with van der Waals surface area (Å²) in [6.45, 7) is 1.61. The lowest BCUT2D eigenvalue weighted by Gasteiger charge is -2.30. The molecule has 1 atom stereocenters. The van der Waals surface area contributed by atoms with Crippen molar-refractivity contribution >= 4 is 34.5 Å². The molecule has 4 heterocycles. The molecular weight excluding hydrogens is 442 g/mol. The van der Waals surface area contributed by atoms with Crippen LogP contribution in [-0.2, 0) is 11.3 Å². The van der Waals surface area contributed by atoms with E-state index in [1.54, 1.807) is 6.20 Å². The molecule has 0 saturated carbocycles. The monoisotopic (exact) mass is 463 g/mol. The summed E-state index contributed by atoms with van der Waals surface area (Å²) in [7, 11) is 0. The third-order valence-corrected chi connectivity index (χ3v) is 5.96. The maximum atomic E-state index is 11.4. The van der Waals surface area contributed by atoms with Gasteiger partial charge >= 0.3 is 6.09 Å². The van der Waals surface area contributed by atoms with Crippen molar-refractivity contribution in [1.82, 2.24) is 19.9 Å². The Balaban J connectivity index is 1.45. The Morgan fingerprint density at radius 3 is 2.91 bits per heavy atom. The highest BCUT2D eigenvalue weighted by Crippen LogP contribution is 2.34. The van der Waals surface area contributed by atoms with Gasteiger partial charge in [-0.05, 0) is 29.8 Å². The molecule has 1 fully saturated rings. The first-order valence-corrected chi connectivity index (χ1v) is 11.0. The van der Waals surface area contributed by atoms with E-state index < -0.39 is 6.09 Å². The van der Waals surface area contributed by atoms with Gasteiger partial charge in [-0.25, -0.2) is 14.8 Å². The molecule has 9 heteroatoms. The van der Waals surface area contributed by atoms with E-state index in [4.69, 9.17) is 21.3 Å². The van der Waals surface area contributed by atoms with E-state index in [0.717, 1.165) is 22.2 Å². The Morgan fingerprint density at radius 2 is 2.09 bits per heavy atom. The van der Waals surface area contributed by atoms with Crippen molar-refractivity contribution in [3.05, 3.63) is 77.1 Å². The van der Waals surface area contributed by atoms with Gasteiger partial charge in [-0.3, -0.25) is 0 Å². The lowest BCUT2D eigenvalue weighted by molar-refractivity contribution is -0.0248. The lowest BCUT2D eigenvalue weighted by Crippen LogP contribution is -2.41. The first-order valence-electron chi connectivity index (χ1n) is 10.6. The van der Waals surface area contributed by atoms with Gasteiger partial charge in [0.25, 0.3) is 0 Å². The molecule has 3 N–H and O–H groups in total. The standard InChI is InChI=1S/C24H22ClN5O3/c25-18-6-7-21(27-13-15-4-2-1-3-5-15)29-22(18)16-8-9-26-23-17(16)12-19(28-23)20-14-30(24(31)32)10-11-33-20/h1-9,12,20H,10-11,13-14H2,(H,26,28)(H,27,29)(H,31,32). The van der Waals surface area contributed by atoms with Crippen LogP contribution in [0.25, 0.3) is 22.3 Å². The fourth-order valence-corrected chi connectivity index (χ4v) is 4.16. The summed E-state index contributed by atoms with van der Waals surface area (Å²) >= 11 is 6.54. The average molecular weight is 464 g/mol. The van der Waals surface area contributed by atoms with Gasteiger partial charge in [0.15, 0.2) is 0 Å². The highest BCUT2D eigenvalue weighted by molar-refractivity contribution is 6.33. The molecule has 1 aliphatic heterocycles. The van der Waals surface area contributed by atoms with Crippen LogP contribution >= 0.6 is 11.6 Å². The van der Waals surface area contributed by atoms with Crippen LogP contribution in [0.15, 0.2) is 60.8 Å². The Kier molecular flexibility index (Phi) is 5.85. The van der Waals surface area contributed by atoms with E-state index in [2.05, 4.69) is 27.4 Å². The van der Waals surface area contributed by atoms with E-state index >= 15 is 0 Å². The summed E-state index contributed by atoms with van der Waals surface area (Å²) in [5.74, 6) is 0.715. The SMILES string of the molecule is O=C(O)N1CCOC(c2cc3c(-c4nc(NCc5ccccc5)ccc4Cl)ccnc3[nH]2)C1. The molecular formula is C24H22ClN5O3. The zero-order valence-corrected chi connectivity index (χ0v) is 18.4. The summed E-state index contributed by atoms with van der Waals surface area (Å²) in [6.07, 6.45) is 0.360. The number of ether oxygens (including phenoxy) is 1. The second-order valence-corrected chi connectivity index (χ2v) is 8.21. The quantitative estimate of drug-likeness (QED) is 0.387. The Hall–Kier alpha value is -3.62. The van der Waals surface area contributed by atoms with Gasteiger partial charge in [-0.1, -0.05) is 41.9 Å². The number of aromatic nitrogens is 3. The number of H-pyrrole nitrogens is 1. The minimum absolute atomic E-state index is 0.259. The largest absolute Gasteiger partial charge is 0.465 e. The number of morpholine rings is 1. The molecule has 5 rings (SSSR count). The number of hydrogen-bond donors (Lipinski definition) is 3. The van der Waals surface area contributed by atoms with Crippen LogP contribution in [0.3, 0.4) is 0 Å². The molecule has 1 aliphatic rings. The molecule has 1 amide bonds. The molecule has 4 aromatic rings. The van der Waals surface area contributed by atoms with Crippen molar-refractivity contribution in [2.24, 2.45) is 0 Å². The number of nitrogens with zero attached hydrogens (tertiary/aromatic N) is 3. The molecule has 8 nitrogen and oxygen atoms in total. The molecule has 0 aliphatic carbocycles. The first-order chi connectivity index (χ1) is 16.1. The zero-order valence-electron chi connectivity index (χ0n) is 17.7. The number of pyridine rings is 2. The molecule has 33 heavy (non-hydrogen) atoms. The average Bonchev–Trinajstić information content (AvgIpc) is 3.29. The number of amides is 1. The minimum atomic E-state index is -0.950. The number of benzene rings is 1. The third kappa shape index (κ3) is 4.48. The van der Waals surface area contributed by atoms with Crippen molar-refractivity contribution in [2.45, 2.75) is 12.6 Å².